The molecule has 0 fully saturated rings. The molecule has 4 atom stereocenters. The molecular weight excluding hydrogens is 174 g/mol. The minimum absolute atomic E-state index is 0.0950. The summed E-state index contributed by atoms with van der Waals surface area (Å²) >= 11 is 0. The van der Waals surface area contributed by atoms with Crippen molar-refractivity contribution in [1.82, 2.24) is 0 Å². The lowest BCUT2D eigenvalue weighted by Crippen LogP contribution is -2.43. The molecule has 0 aliphatic rings. The van der Waals surface area contributed by atoms with Crippen molar-refractivity contribution in [2.75, 3.05) is 6.67 Å². The fourth-order valence-electron chi connectivity index (χ4n) is 0.582. The Morgan fingerprint density at radius 1 is 1.33 bits per heavy atom. The predicted molar refractivity (Wildman–Crippen MR) is 35.0 cm³/mol. The van der Waals surface area contributed by atoms with Crippen molar-refractivity contribution in [2.45, 2.75) is 24.5 Å². The van der Waals surface area contributed by atoms with Gasteiger partial charge in [0.25, 0.3) is 0 Å². The SMILES string of the molecule is O=C[C@@H](O)[C@@H](O)[C@@H](F)[C@H](O)CF. The van der Waals surface area contributed by atoms with Gasteiger partial charge in [-0.15, -0.1) is 0 Å². The van der Waals surface area contributed by atoms with Crippen LogP contribution in [0, 0.1) is 0 Å². The van der Waals surface area contributed by atoms with Gasteiger partial charge in [0.2, 0.25) is 0 Å². The van der Waals surface area contributed by atoms with E-state index in [-0.39, 0.29) is 6.29 Å². The monoisotopic (exact) mass is 184 g/mol. The Hall–Kier alpha value is -0.590. The van der Waals surface area contributed by atoms with Crippen LogP contribution >= 0.6 is 0 Å². The average molecular weight is 184 g/mol. The van der Waals surface area contributed by atoms with Gasteiger partial charge in [-0.05, 0) is 0 Å². The number of halogens is 2. The third kappa shape index (κ3) is 2.80. The maximum Gasteiger partial charge on any atom is 0.157 e. The van der Waals surface area contributed by atoms with E-state index in [2.05, 4.69) is 0 Å². The molecule has 72 valence electrons. The average Bonchev–Trinajstić information content (AvgIpc) is 2.12. The third-order valence-electron chi connectivity index (χ3n) is 1.34. The first-order valence-corrected chi connectivity index (χ1v) is 3.24. The van der Waals surface area contributed by atoms with Gasteiger partial charge in [-0.3, -0.25) is 0 Å². The van der Waals surface area contributed by atoms with Crippen molar-refractivity contribution in [3.63, 3.8) is 0 Å². The largest absolute Gasteiger partial charge is 0.387 e. The number of hydrogen-bond acceptors (Lipinski definition) is 4. The summed E-state index contributed by atoms with van der Waals surface area (Å²) in [6.07, 6.45) is -8.51. The summed E-state index contributed by atoms with van der Waals surface area (Å²) in [5.74, 6) is 0. The number of carbonyl (C=O) groups is 1. The number of rotatable bonds is 5. The van der Waals surface area contributed by atoms with Crippen LogP contribution in [0.25, 0.3) is 0 Å². The Morgan fingerprint density at radius 3 is 2.17 bits per heavy atom. The van der Waals surface area contributed by atoms with Crippen molar-refractivity contribution >= 4 is 6.29 Å². The topological polar surface area (TPSA) is 77.8 Å². The molecule has 0 unspecified atom stereocenters. The van der Waals surface area contributed by atoms with Gasteiger partial charge in [0.1, 0.15) is 25.0 Å². The highest BCUT2D eigenvalue weighted by molar-refractivity contribution is 5.56. The lowest BCUT2D eigenvalue weighted by molar-refractivity contribution is -0.127. The number of aliphatic hydroxyl groups excluding tert-OH is 3. The van der Waals surface area contributed by atoms with Gasteiger partial charge in [-0.25, -0.2) is 8.78 Å². The van der Waals surface area contributed by atoms with Gasteiger partial charge in [-0.2, -0.15) is 0 Å². The van der Waals surface area contributed by atoms with E-state index in [0.717, 1.165) is 0 Å². The lowest BCUT2D eigenvalue weighted by atomic mass is 10.1. The summed E-state index contributed by atoms with van der Waals surface area (Å²) in [6.45, 7) is -1.39. The molecular formula is C6H10F2O4. The highest BCUT2D eigenvalue weighted by atomic mass is 19.1. The Balaban J connectivity index is 4.07. The van der Waals surface area contributed by atoms with Crippen LogP contribution < -0.4 is 0 Å². The first-order chi connectivity index (χ1) is 5.54. The van der Waals surface area contributed by atoms with E-state index >= 15 is 0 Å². The number of aldehydes is 1. The molecule has 0 amide bonds. The van der Waals surface area contributed by atoms with Crippen LogP contribution in [0.4, 0.5) is 8.78 Å². The quantitative estimate of drug-likeness (QED) is 0.458. The molecule has 0 heterocycles. The minimum atomic E-state index is -2.37. The fraction of sp³-hybridized carbons (Fsp3) is 0.833. The van der Waals surface area contributed by atoms with Gasteiger partial charge in [-0.1, -0.05) is 0 Å². The van der Waals surface area contributed by atoms with Crippen LogP contribution in [0.5, 0.6) is 0 Å². The second-order valence-corrected chi connectivity index (χ2v) is 2.28. The number of hydrogen-bond donors (Lipinski definition) is 3. The Bertz CT molecular complexity index is 144. The van der Waals surface area contributed by atoms with Gasteiger partial charge in [0, 0.05) is 0 Å². The molecule has 0 aromatic heterocycles. The molecule has 0 rings (SSSR count). The van der Waals surface area contributed by atoms with Gasteiger partial charge >= 0.3 is 0 Å². The molecule has 0 spiro atoms. The minimum Gasteiger partial charge on any atom is -0.387 e. The fourth-order valence-corrected chi connectivity index (χ4v) is 0.582. The maximum absolute atomic E-state index is 12.6. The molecule has 0 aromatic carbocycles. The first-order valence-electron chi connectivity index (χ1n) is 3.24. The Labute approximate surface area is 67.4 Å². The van der Waals surface area contributed by atoms with Crippen molar-refractivity contribution in [3.05, 3.63) is 0 Å². The molecule has 0 saturated heterocycles. The third-order valence-corrected chi connectivity index (χ3v) is 1.34. The molecule has 6 heteroatoms. The van der Waals surface area contributed by atoms with E-state index < -0.39 is 31.2 Å². The van der Waals surface area contributed by atoms with Crippen molar-refractivity contribution < 1.29 is 28.9 Å². The lowest BCUT2D eigenvalue weighted by Gasteiger charge is -2.19. The molecule has 0 saturated carbocycles. The first kappa shape index (κ1) is 11.4. The van der Waals surface area contributed by atoms with Gasteiger partial charge in [0.15, 0.2) is 12.5 Å². The summed E-state index contributed by atoms with van der Waals surface area (Å²) in [4.78, 5) is 9.81. The summed E-state index contributed by atoms with van der Waals surface area (Å²) < 4.78 is 24.2. The summed E-state index contributed by atoms with van der Waals surface area (Å²) in [7, 11) is 0. The second-order valence-electron chi connectivity index (χ2n) is 2.28. The van der Waals surface area contributed by atoms with E-state index in [4.69, 9.17) is 15.3 Å². The number of aliphatic hydroxyl groups is 3. The summed E-state index contributed by atoms with van der Waals surface area (Å²) in [5, 5.41) is 25.8. The smallest absolute Gasteiger partial charge is 0.157 e. The van der Waals surface area contributed by atoms with E-state index in [1.165, 1.54) is 0 Å². The van der Waals surface area contributed by atoms with Crippen molar-refractivity contribution in [2.24, 2.45) is 0 Å². The van der Waals surface area contributed by atoms with Crippen molar-refractivity contribution in [3.8, 4) is 0 Å². The Morgan fingerprint density at radius 2 is 1.83 bits per heavy atom. The van der Waals surface area contributed by atoms with Crippen LogP contribution in [0.1, 0.15) is 0 Å². The van der Waals surface area contributed by atoms with E-state index in [9.17, 15) is 13.6 Å². The number of alkyl halides is 2. The van der Waals surface area contributed by atoms with Crippen LogP contribution in [-0.4, -0.2) is 52.8 Å². The van der Waals surface area contributed by atoms with E-state index in [1.54, 1.807) is 0 Å². The summed E-state index contributed by atoms with van der Waals surface area (Å²) in [5.41, 5.74) is 0. The van der Waals surface area contributed by atoms with E-state index in [0.29, 0.717) is 0 Å². The highest BCUT2D eigenvalue weighted by Gasteiger charge is 2.31. The van der Waals surface area contributed by atoms with E-state index in [1.807, 2.05) is 0 Å². The Kier molecular flexibility index (Phi) is 4.87. The predicted octanol–water partition coefficient (Wildman–Crippen LogP) is -1.42. The molecule has 12 heavy (non-hydrogen) atoms. The zero-order chi connectivity index (χ0) is 9.72. The zero-order valence-corrected chi connectivity index (χ0v) is 6.10. The van der Waals surface area contributed by atoms with Gasteiger partial charge in [0.05, 0.1) is 0 Å². The molecule has 0 aromatic rings. The van der Waals surface area contributed by atoms with Crippen molar-refractivity contribution in [1.29, 1.82) is 0 Å². The van der Waals surface area contributed by atoms with Crippen LogP contribution in [0.2, 0.25) is 0 Å². The molecule has 4 nitrogen and oxygen atoms in total. The number of carbonyl (C=O) groups excluding carboxylic acids is 1. The second kappa shape index (κ2) is 5.13. The molecule has 0 aliphatic heterocycles. The molecule has 0 radical (unpaired) electrons. The summed E-state index contributed by atoms with van der Waals surface area (Å²) in [6, 6.07) is 0. The molecule has 0 bridgehead atoms. The van der Waals surface area contributed by atoms with Gasteiger partial charge < -0.3 is 20.1 Å². The standard InChI is InChI=1S/C6H10F2O4/c7-1-3(10)5(8)6(12)4(11)2-9/h2-6,10-12H,1H2/t3-,4-,5+,6-/m1/s1. The zero-order valence-electron chi connectivity index (χ0n) is 6.10. The van der Waals surface area contributed by atoms with Crippen LogP contribution in [-0.2, 0) is 4.79 Å². The normalized spacial score (nSPS) is 21.1. The molecule has 0 aliphatic carbocycles. The van der Waals surface area contributed by atoms with Crippen LogP contribution in [0.3, 0.4) is 0 Å². The highest BCUT2D eigenvalue weighted by Crippen LogP contribution is 2.08. The maximum atomic E-state index is 12.6. The molecule has 3 N–H and O–H groups in total. The van der Waals surface area contributed by atoms with Crippen LogP contribution in [0.15, 0.2) is 0 Å².